The molecule has 1 amide bonds. The van der Waals surface area contributed by atoms with Crippen LogP contribution in [0, 0.1) is 17.2 Å². The fraction of sp³-hybridized carbons (Fsp3) is 0.429. The Kier molecular flexibility index (Phi) is 4.24. The van der Waals surface area contributed by atoms with Gasteiger partial charge < -0.3 is 15.3 Å². The number of rotatable bonds is 3. The summed E-state index contributed by atoms with van der Waals surface area (Å²) in [5.41, 5.74) is 1.68. The number of benzene rings is 1. The van der Waals surface area contributed by atoms with Gasteiger partial charge in [0, 0.05) is 19.6 Å². The third-order valence-electron chi connectivity index (χ3n) is 3.52. The van der Waals surface area contributed by atoms with Crippen molar-refractivity contribution in [3.05, 3.63) is 29.8 Å². The van der Waals surface area contributed by atoms with E-state index in [2.05, 4.69) is 16.3 Å². The highest BCUT2D eigenvalue weighted by Gasteiger charge is 2.21. The van der Waals surface area contributed by atoms with Crippen molar-refractivity contribution in [3.8, 4) is 6.07 Å². The van der Waals surface area contributed by atoms with Gasteiger partial charge in [0.15, 0.2) is 0 Å². The van der Waals surface area contributed by atoms with E-state index >= 15 is 0 Å². The lowest BCUT2D eigenvalue weighted by molar-refractivity contribution is 0.191. The number of nitrogens with zero attached hydrogens (tertiary/aromatic N) is 2. The molecule has 0 atom stereocenters. The Morgan fingerprint density at radius 1 is 1.42 bits per heavy atom. The molecule has 0 unspecified atom stereocenters. The second kappa shape index (κ2) is 6.10. The molecule has 0 radical (unpaired) electrons. The Morgan fingerprint density at radius 2 is 2.11 bits per heavy atom. The van der Waals surface area contributed by atoms with E-state index in [1.54, 1.807) is 0 Å². The Balaban J connectivity index is 1.93. The van der Waals surface area contributed by atoms with Gasteiger partial charge in [0.1, 0.15) is 6.07 Å². The molecule has 1 aliphatic heterocycles. The van der Waals surface area contributed by atoms with E-state index in [1.165, 1.54) is 0 Å². The maximum Gasteiger partial charge on any atom is 0.404 e. The Hall–Kier alpha value is -2.22. The summed E-state index contributed by atoms with van der Waals surface area (Å²) in [5.74, 6) is 0.390. The SMILES string of the molecule is N#Cc1ccccc1N1CCC(CNC(=O)O)CC1. The fourth-order valence-electron chi connectivity index (χ4n) is 2.45. The van der Waals surface area contributed by atoms with Gasteiger partial charge in [-0.25, -0.2) is 4.79 Å². The molecule has 0 saturated carbocycles. The molecule has 0 aromatic heterocycles. The zero-order chi connectivity index (χ0) is 13.7. The van der Waals surface area contributed by atoms with Gasteiger partial charge in [-0.2, -0.15) is 5.26 Å². The molecular weight excluding hydrogens is 242 g/mol. The summed E-state index contributed by atoms with van der Waals surface area (Å²) in [6.45, 7) is 2.25. The molecule has 0 bridgehead atoms. The largest absolute Gasteiger partial charge is 0.465 e. The highest BCUT2D eigenvalue weighted by molar-refractivity contribution is 5.64. The Bertz CT molecular complexity index is 488. The van der Waals surface area contributed by atoms with E-state index in [0.717, 1.165) is 31.6 Å². The van der Waals surface area contributed by atoms with E-state index in [1.807, 2.05) is 24.3 Å². The third kappa shape index (κ3) is 3.38. The van der Waals surface area contributed by atoms with Crippen molar-refractivity contribution in [1.29, 1.82) is 5.26 Å². The zero-order valence-electron chi connectivity index (χ0n) is 10.7. The van der Waals surface area contributed by atoms with Crippen molar-refractivity contribution in [3.63, 3.8) is 0 Å². The van der Waals surface area contributed by atoms with Gasteiger partial charge >= 0.3 is 6.09 Å². The van der Waals surface area contributed by atoms with Crippen LogP contribution in [0.25, 0.3) is 0 Å². The number of hydrogen-bond donors (Lipinski definition) is 2. The summed E-state index contributed by atoms with van der Waals surface area (Å²) in [6.07, 6.45) is 0.928. The second-order valence-electron chi connectivity index (χ2n) is 4.75. The maximum absolute atomic E-state index is 10.5. The predicted octanol–water partition coefficient (Wildman–Crippen LogP) is 2.04. The van der Waals surface area contributed by atoms with Gasteiger partial charge in [0.2, 0.25) is 0 Å². The quantitative estimate of drug-likeness (QED) is 0.871. The van der Waals surface area contributed by atoms with Crippen LogP contribution in [0.2, 0.25) is 0 Å². The predicted molar refractivity (Wildman–Crippen MR) is 72.1 cm³/mol. The van der Waals surface area contributed by atoms with Crippen LogP contribution < -0.4 is 10.2 Å². The molecule has 5 nitrogen and oxygen atoms in total. The lowest BCUT2D eigenvalue weighted by Gasteiger charge is -2.34. The first kappa shape index (κ1) is 13.2. The summed E-state index contributed by atoms with van der Waals surface area (Å²) < 4.78 is 0. The lowest BCUT2D eigenvalue weighted by atomic mass is 9.96. The van der Waals surface area contributed by atoms with Gasteiger partial charge in [-0.05, 0) is 30.9 Å². The Labute approximate surface area is 112 Å². The minimum atomic E-state index is -0.961. The highest BCUT2D eigenvalue weighted by Crippen LogP contribution is 2.25. The van der Waals surface area contributed by atoms with Crippen LogP contribution in [-0.4, -0.2) is 30.8 Å². The summed E-state index contributed by atoms with van der Waals surface area (Å²) >= 11 is 0. The third-order valence-corrected chi connectivity index (χ3v) is 3.52. The number of anilines is 1. The molecule has 0 spiro atoms. The lowest BCUT2D eigenvalue weighted by Crippen LogP contribution is -2.38. The minimum Gasteiger partial charge on any atom is -0.465 e. The number of amides is 1. The van der Waals surface area contributed by atoms with Crippen LogP contribution >= 0.6 is 0 Å². The number of hydrogen-bond acceptors (Lipinski definition) is 3. The number of piperidine rings is 1. The van der Waals surface area contributed by atoms with Crippen molar-refractivity contribution < 1.29 is 9.90 Å². The molecule has 100 valence electrons. The Morgan fingerprint density at radius 3 is 2.74 bits per heavy atom. The van der Waals surface area contributed by atoms with E-state index in [0.29, 0.717) is 18.0 Å². The first-order valence-electron chi connectivity index (χ1n) is 6.41. The standard InChI is InChI=1S/C14H17N3O2/c15-9-12-3-1-2-4-13(12)17-7-5-11(6-8-17)10-16-14(18)19/h1-4,11,16H,5-8,10H2,(H,18,19). The maximum atomic E-state index is 10.5. The smallest absolute Gasteiger partial charge is 0.404 e. The second-order valence-corrected chi connectivity index (χ2v) is 4.75. The van der Waals surface area contributed by atoms with Crippen LogP contribution in [0.1, 0.15) is 18.4 Å². The van der Waals surface area contributed by atoms with Crippen LogP contribution in [0.3, 0.4) is 0 Å². The number of carboxylic acid groups (broad SMARTS) is 1. The van der Waals surface area contributed by atoms with Gasteiger partial charge in [-0.15, -0.1) is 0 Å². The number of carbonyl (C=O) groups is 1. The minimum absolute atomic E-state index is 0.390. The van der Waals surface area contributed by atoms with Crippen molar-refractivity contribution in [2.45, 2.75) is 12.8 Å². The molecule has 19 heavy (non-hydrogen) atoms. The van der Waals surface area contributed by atoms with Crippen molar-refractivity contribution in [2.75, 3.05) is 24.5 Å². The molecule has 0 aliphatic carbocycles. The van der Waals surface area contributed by atoms with Gasteiger partial charge in [0.25, 0.3) is 0 Å². The van der Waals surface area contributed by atoms with Gasteiger partial charge in [0.05, 0.1) is 11.3 Å². The number of para-hydroxylation sites is 1. The topological polar surface area (TPSA) is 76.4 Å². The molecule has 5 heteroatoms. The summed E-state index contributed by atoms with van der Waals surface area (Å²) in [6, 6.07) is 9.81. The zero-order valence-corrected chi connectivity index (χ0v) is 10.7. The molecule has 1 saturated heterocycles. The summed E-state index contributed by atoms with van der Waals surface area (Å²) in [7, 11) is 0. The van der Waals surface area contributed by atoms with Crippen LogP contribution in [-0.2, 0) is 0 Å². The molecule has 2 N–H and O–H groups in total. The van der Waals surface area contributed by atoms with Gasteiger partial charge in [-0.3, -0.25) is 0 Å². The molecule has 1 heterocycles. The van der Waals surface area contributed by atoms with Crippen LogP contribution in [0.4, 0.5) is 10.5 Å². The first-order chi connectivity index (χ1) is 9.20. The average Bonchev–Trinajstić information content (AvgIpc) is 2.45. The van der Waals surface area contributed by atoms with E-state index in [4.69, 9.17) is 10.4 Å². The monoisotopic (exact) mass is 259 g/mol. The van der Waals surface area contributed by atoms with E-state index in [9.17, 15) is 4.79 Å². The summed E-state index contributed by atoms with van der Waals surface area (Å²) in [5, 5.41) is 20.1. The van der Waals surface area contributed by atoms with E-state index < -0.39 is 6.09 Å². The van der Waals surface area contributed by atoms with Crippen molar-refractivity contribution in [1.82, 2.24) is 5.32 Å². The first-order valence-corrected chi connectivity index (χ1v) is 6.41. The number of nitriles is 1. The molecule has 1 aromatic rings. The van der Waals surface area contributed by atoms with Crippen LogP contribution in [0.15, 0.2) is 24.3 Å². The molecule has 2 rings (SSSR count). The molecule has 1 fully saturated rings. The molecular formula is C14H17N3O2. The normalized spacial score (nSPS) is 15.8. The average molecular weight is 259 g/mol. The van der Waals surface area contributed by atoms with Crippen molar-refractivity contribution >= 4 is 11.8 Å². The highest BCUT2D eigenvalue weighted by atomic mass is 16.4. The number of nitrogens with one attached hydrogen (secondary N) is 1. The van der Waals surface area contributed by atoms with Crippen LogP contribution in [0.5, 0.6) is 0 Å². The summed E-state index contributed by atoms with van der Waals surface area (Å²) in [4.78, 5) is 12.7. The molecule has 1 aliphatic rings. The van der Waals surface area contributed by atoms with E-state index in [-0.39, 0.29) is 0 Å². The molecule has 1 aromatic carbocycles. The fourth-order valence-corrected chi connectivity index (χ4v) is 2.45. The van der Waals surface area contributed by atoms with Crippen molar-refractivity contribution in [2.24, 2.45) is 5.92 Å². The van der Waals surface area contributed by atoms with Gasteiger partial charge in [-0.1, -0.05) is 12.1 Å².